The number of esters is 2. The van der Waals surface area contributed by atoms with Crippen molar-refractivity contribution in [3.8, 4) is 17.2 Å². The molecule has 49 heavy (non-hydrogen) atoms. The number of ketones is 3. The van der Waals surface area contributed by atoms with Crippen molar-refractivity contribution in [2.45, 2.75) is 70.7 Å². The van der Waals surface area contributed by atoms with Crippen LogP contribution < -0.4 is 10.1 Å². The molecule has 0 radical (unpaired) electrons. The van der Waals surface area contributed by atoms with Gasteiger partial charge in [0, 0.05) is 49.3 Å². The van der Waals surface area contributed by atoms with E-state index in [-0.39, 0.29) is 66.0 Å². The molecule has 0 bridgehead atoms. The Labute approximate surface area is 280 Å². The minimum atomic E-state index is -1.16. The monoisotopic (exact) mass is 683 g/mol. The lowest BCUT2D eigenvalue weighted by Gasteiger charge is -2.37. The van der Waals surface area contributed by atoms with Gasteiger partial charge in [-0.15, -0.1) is 0 Å². The maximum Gasteiger partial charge on any atom is 0.305 e. The van der Waals surface area contributed by atoms with Gasteiger partial charge in [0.05, 0.1) is 35.9 Å². The summed E-state index contributed by atoms with van der Waals surface area (Å²) in [4.78, 5) is 62.8. The van der Waals surface area contributed by atoms with Crippen LogP contribution in [-0.4, -0.2) is 88.6 Å². The second-order valence-corrected chi connectivity index (χ2v) is 11.9. The number of nitrogens with one attached hydrogen (secondary N) is 1. The Balaban J connectivity index is 1.40. The molecule has 262 valence electrons. The summed E-state index contributed by atoms with van der Waals surface area (Å²) < 4.78 is 27.1. The van der Waals surface area contributed by atoms with Crippen molar-refractivity contribution in [2.24, 2.45) is 5.92 Å². The second kappa shape index (κ2) is 14.6. The van der Waals surface area contributed by atoms with Crippen molar-refractivity contribution in [3.05, 3.63) is 63.6 Å². The highest BCUT2D eigenvalue weighted by Gasteiger charge is 2.44. The number of Topliss-reactive ketones (excluding diaryl/α,β-unsaturated/α-hetero) is 1. The van der Waals surface area contributed by atoms with Crippen LogP contribution >= 0.6 is 0 Å². The highest BCUT2D eigenvalue weighted by molar-refractivity contribution is 6.31. The van der Waals surface area contributed by atoms with Gasteiger partial charge >= 0.3 is 11.9 Å². The van der Waals surface area contributed by atoms with Crippen LogP contribution in [0.1, 0.15) is 88.6 Å². The molecule has 2 aliphatic carbocycles. The van der Waals surface area contributed by atoms with E-state index in [4.69, 9.17) is 23.7 Å². The summed E-state index contributed by atoms with van der Waals surface area (Å²) in [5.74, 6) is -5.36. The zero-order chi connectivity index (χ0) is 35.6. The van der Waals surface area contributed by atoms with Crippen molar-refractivity contribution in [1.82, 2.24) is 5.32 Å². The Hall–Kier alpha value is -4.99. The summed E-state index contributed by atoms with van der Waals surface area (Å²) in [6.07, 6.45) is -1.85. The smallest absolute Gasteiger partial charge is 0.305 e. The van der Waals surface area contributed by atoms with Gasteiger partial charge in [0.25, 0.3) is 0 Å². The number of ether oxygens (including phenoxy) is 5. The Morgan fingerprint density at radius 1 is 0.980 bits per heavy atom. The SMILES string of the molecule is COc1cccc2c1C(=O)c1c(O)c3c(c(O)c1C2=O)CC(C(=O)CO)CC3OC1CC(NCCCC(OC(C)=O)OC(C)=O)C(O)=CO1. The molecule has 5 N–H and O–H groups in total. The molecule has 2 aromatic rings. The van der Waals surface area contributed by atoms with E-state index in [2.05, 4.69) is 5.32 Å². The van der Waals surface area contributed by atoms with Gasteiger partial charge < -0.3 is 49.4 Å². The van der Waals surface area contributed by atoms with E-state index in [9.17, 15) is 44.4 Å². The molecular formula is C34H37NO14. The molecule has 2 aromatic carbocycles. The Kier molecular flexibility index (Phi) is 10.6. The molecule has 0 aromatic heterocycles. The summed E-state index contributed by atoms with van der Waals surface area (Å²) in [7, 11) is 1.33. The number of aliphatic hydroxyl groups is 2. The van der Waals surface area contributed by atoms with Crippen LogP contribution in [0.3, 0.4) is 0 Å². The second-order valence-electron chi connectivity index (χ2n) is 11.9. The van der Waals surface area contributed by atoms with E-state index in [1.54, 1.807) is 0 Å². The molecule has 1 heterocycles. The number of carbonyl (C=O) groups excluding carboxylic acids is 5. The maximum atomic E-state index is 13.8. The van der Waals surface area contributed by atoms with Gasteiger partial charge in [0.2, 0.25) is 18.4 Å². The molecule has 0 spiro atoms. The average Bonchev–Trinajstić information content (AvgIpc) is 3.06. The number of methoxy groups -OCH3 is 1. The summed E-state index contributed by atoms with van der Waals surface area (Å²) in [6.45, 7) is 1.87. The summed E-state index contributed by atoms with van der Waals surface area (Å²) in [6, 6.07) is 3.73. The quantitative estimate of drug-likeness (QED) is 0.0800. The van der Waals surface area contributed by atoms with Gasteiger partial charge in [-0.2, -0.15) is 0 Å². The average molecular weight is 684 g/mol. The molecule has 0 saturated carbocycles. The molecule has 4 atom stereocenters. The van der Waals surface area contributed by atoms with Crippen LogP contribution in [0.15, 0.2) is 30.2 Å². The van der Waals surface area contributed by atoms with E-state index in [0.29, 0.717) is 6.42 Å². The van der Waals surface area contributed by atoms with Crippen LogP contribution in [0.4, 0.5) is 0 Å². The number of phenols is 2. The first kappa shape index (κ1) is 35.3. The highest BCUT2D eigenvalue weighted by atomic mass is 16.7. The molecule has 3 aliphatic rings. The lowest BCUT2D eigenvalue weighted by molar-refractivity contribution is -0.186. The fraction of sp³-hybridized carbons (Fsp3) is 0.441. The van der Waals surface area contributed by atoms with Crippen LogP contribution in [-0.2, 0) is 39.8 Å². The minimum Gasteiger partial charge on any atom is -0.507 e. The van der Waals surface area contributed by atoms with Crippen LogP contribution in [0.5, 0.6) is 17.2 Å². The molecule has 0 amide bonds. The van der Waals surface area contributed by atoms with Gasteiger partial charge in [0.1, 0.15) is 35.9 Å². The third-order valence-electron chi connectivity index (χ3n) is 8.69. The van der Waals surface area contributed by atoms with Crippen molar-refractivity contribution in [3.63, 3.8) is 0 Å². The molecule has 5 rings (SSSR count). The van der Waals surface area contributed by atoms with Crippen molar-refractivity contribution in [1.29, 1.82) is 0 Å². The van der Waals surface area contributed by atoms with E-state index < -0.39 is 89.2 Å². The summed E-state index contributed by atoms with van der Waals surface area (Å²) in [5, 5.41) is 46.4. The molecule has 0 fully saturated rings. The predicted octanol–water partition coefficient (Wildman–Crippen LogP) is 2.40. The topological polar surface area (TPSA) is 224 Å². The Bertz CT molecular complexity index is 1700. The number of fused-ring (bicyclic) bond motifs is 3. The van der Waals surface area contributed by atoms with Crippen molar-refractivity contribution < 1.29 is 68.1 Å². The third-order valence-corrected chi connectivity index (χ3v) is 8.69. The Morgan fingerprint density at radius 3 is 2.33 bits per heavy atom. The van der Waals surface area contributed by atoms with E-state index in [1.165, 1.54) is 39.2 Å². The molecular weight excluding hydrogens is 646 g/mol. The van der Waals surface area contributed by atoms with E-state index >= 15 is 0 Å². The van der Waals surface area contributed by atoms with Gasteiger partial charge in [-0.1, -0.05) is 12.1 Å². The first-order valence-electron chi connectivity index (χ1n) is 15.6. The standard InChI is InChI=1S/C34H37NO14/c1-15(37)47-25(48-16(2)38)8-5-9-35-20-12-26(46-14-22(20)40)49-24-11-17(21(39)13-36)10-19-28(24)34(44)30-29(32(19)42)31(41)18-6-4-7-23(45-3)27(18)33(30)43/h4,6-7,14,17,20,24-26,35-36,40,42,44H,5,8-13H2,1-3H3. The number of benzene rings is 2. The number of rotatable bonds is 12. The van der Waals surface area contributed by atoms with Crippen LogP contribution in [0, 0.1) is 5.92 Å². The fourth-order valence-electron chi connectivity index (χ4n) is 6.49. The zero-order valence-corrected chi connectivity index (χ0v) is 27.0. The van der Waals surface area contributed by atoms with Gasteiger partial charge in [-0.25, -0.2) is 0 Å². The first-order chi connectivity index (χ1) is 23.4. The number of carbonyl (C=O) groups is 5. The van der Waals surface area contributed by atoms with E-state index in [0.717, 1.165) is 6.26 Å². The molecule has 15 heteroatoms. The number of aromatic hydroxyl groups is 2. The lowest BCUT2D eigenvalue weighted by Crippen LogP contribution is -2.40. The number of hydrogen-bond donors (Lipinski definition) is 5. The van der Waals surface area contributed by atoms with Crippen LogP contribution in [0.25, 0.3) is 0 Å². The predicted molar refractivity (Wildman–Crippen MR) is 166 cm³/mol. The third kappa shape index (κ3) is 7.09. The lowest BCUT2D eigenvalue weighted by atomic mass is 9.73. The van der Waals surface area contributed by atoms with Crippen molar-refractivity contribution >= 4 is 29.3 Å². The number of hydrogen-bond acceptors (Lipinski definition) is 15. The first-order valence-corrected chi connectivity index (χ1v) is 15.6. The Morgan fingerprint density at radius 2 is 1.67 bits per heavy atom. The van der Waals surface area contributed by atoms with Gasteiger partial charge in [-0.05, 0) is 31.9 Å². The fourth-order valence-corrected chi connectivity index (χ4v) is 6.49. The molecule has 4 unspecified atom stereocenters. The maximum absolute atomic E-state index is 13.8. The van der Waals surface area contributed by atoms with E-state index in [1.807, 2.05) is 0 Å². The molecule has 15 nitrogen and oxygen atoms in total. The van der Waals surface area contributed by atoms with Gasteiger partial charge in [0.15, 0.2) is 11.6 Å². The normalized spacial score (nSPS) is 21.1. The molecule has 0 saturated heterocycles. The van der Waals surface area contributed by atoms with Crippen molar-refractivity contribution in [2.75, 3.05) is 20.3 Å². The number of aliphatic hydroxyl groups excluding tert-OH is 2. The summed E-state index contributed by atoms with van der Waals surface area (Å²) in [5.41, 5.74) is -0.921. The minimum absolute atomic E-state index is 0.00777. The largest absolute Gasteiger partial charge is 0.507 e. The number of phenolic OH excluding ortho intramolecular Hbond substituents is 2. The highest BCUT2D eigenvalue weighted by Crippen LogP contribution is 2.51. The van der Waals surface area contributed by atoms with Gasteiger partial charge in [-0.3, -0.25) is 24.0 Å². The summed E-state index contributed by atoms with van der Waals surface area (Å²) >= 11 is 0. The zero-order valence-electron chi connectivity index (χ0n) is 27.0. The molecule has 1 aliphatic heterocycles. The van der Waals surface area contributed by atoms with Crippen LogP contribution in [0.2, 0.25) is 0 Å².